The highest BCUT2D eigenvalue weighted by atomic mass is 33.0. The van der Waals surface area contributed by atoms with E-state index in [1.165, 1.54) is 10.8 Å². The molecule has 1 N–H and O–H groups in total. The quantitative estimate of drug-likeness (QED) is 0.0904. The number of hydrogen-bond donors (Lipinski definition) is 1. The summed E-state index contributed by atoms with van der Waals surface area (Å²) in [4.78, 5) is 27.4. The van der Waals surface area contributed by atoms with Crippen molar-refractivity contribution in [1.82, 2.24) is 9.55 Å². The molecule has 2 heterocycles. The number of aromatic nitrogens is 2. The molecule has 4 aromatic rings. The molecule has 1 fully saturated rings. The van der Waals surface area contributed by atoms with Crippen LogP contribution < -0.4 is 20.7 Å². The molecule has 0 bridgehead atoms. The zero-order valence-corrected chi connectivity index (χ0v) is 30.8. The minimum atomic E-state index is -1.59. The third kappa shape index (κ3) is 8.14. The predicted octanol–water partition coefficient (Wildman–Crippen LogP) is 6.89. The molecule has 9 nitrogen and oxygen atoms in total. The maximum Gasteiger partial charge on any atom is 0.407 e. The molecule has 0 aliphatic carbocycles. The Morgan fingerprint density at radius 3 is 2.02 bits per heavy atom. The van der Waals surface area contributed by atoms with Gasteiger partial charge in [0, 0.05) is 18.2 Å². The van der Waals surface area contributed by atoms with E-state index >= 15 is 0 Å². The van der Waals surface area contributed by atoms with Crippen molar-refractivity contribution >= 4 is 36.0 Å². The fourth-order valence-corrected chi connectivity index (χ4v) is 19.1. The molecule has 47 heavy (non-hydrogen) atoms. The van der Waals surface area contributed by atoms with Gasteiger partial charge in [-0.15, -0.1) is 0 Å². The number of rotatable bonds is 13. The number of H-pyrrole nitrogens is 1. The summed E-state index contributed by atoms with van der Waals surface area (Å²) in [7, 11) is 3.42. The highest BCUT2D eigenvalue weighted by Gasteiger charge is 2.46. The first-order chi connectivity index (χ1) is 22.4. The second-order valence-electron chi connectivity index (χ2n) is 12.2. The summed E-state index contributed by atoms with van der Waals surface area (Å²) in [6.45, 7) is 8.47. The number of ether oxygens (including phenoxy) is 4. The standard InChI is InChI=1S/C34H39N2O7PS2Si/c1-23-21-36(33(38)35-32(23)37)31-20-29(43-44(45)46-47(4,5)6)30(42-31)22-41-34(24-10-8-7-9-11-24,25-12-16-27(39-2)17-13-25)26-14-18-28(40-3)19-15-26/h7-19,21,29-31H,20,22H2,1-6H3/p+1/t29-,30+,31+/m0/s1. The molecule has 4 atom stereocenters. The number of nitrogens with one attached hydrogen (secondary N) is 1. The van der Waals surface area contributed by atoms with Crippen LogP contribution in [0.1, 0.15) is 34.9 Å². The van der Waals surface area contributed by atoms with Crippen LogP contribution in [0.15, 0.2) is 94.6 Å². The third-order valence-electron chi connectivity index (χ3n) is 7.84. The van der Waals surface area contributed by atoms with Gasteiger partial charge in [-0.1, -0.05) is 74.2 Å². The first-order valence-corrected chi connectivity index (χ1v) is 23.1. The van der Waals surface area contributed by atoms with E-state index in [4.69, 9.17) is 35.3 Å². The number of benzene rings is 3. The third-order valence-corrected chi connectivity index (χ3v) is 19.9. The van der Waals surface area contributed by atoms with E-state index in [9.17, 15) is 9.59 Å². The molecule has 3 aromatic carbocycles. The van der Waals surface area contributed by atoms with Crippen molar-refractivity contribution in [3.05, 3.63) is 128 Å². The summed E-state index contributed by atoms with van der Waals surface area (Å²) in [5.74, 6) is 1.45. The Morgan fingerprint density at radius 1 is 0.936 bits per heavy atom. The zero-order chi connectivity index (χ0) is 33.8. The average molecular weight is 712 g/mol. The molecule has 1 aliphatic heterocycles. The lowest BCUT2D eigenvalue weighted by Gasteiger charge is -2.37. The van der Waals surface area contributed by atoms with Crippen LogP contribution in [0.4, 0.5) is 0 Å². The molecular weight excluding hydrogens is 672 g/mol. The normalized spacial score (nSPS) is 18.6. The van der Waals surface area contributed by atoms with Crippen LogP contribution in [0.25, 0.3) is 0 Å². The molecule has 5 rings (SSSR count). The van der Waals surface area contributed by atoms with Gasteiger partial charge in [-0.2, -0.15) is 4.52 Å². The van der Waals surface area contributed by atoms with Crippen LogP contribution in [0, 0.1) is 6.92 Å². The zero-order valence-electron chi connectivity index (χ0n) is 27.3. The summed E-state index contributed by atoms with van der Waals surface area (Å²) >= 11 is 5.83. The van der Waals surface area contributed by atoms with Gasteiger partial charge in [-0.05, 0) is 47.9 Å². The maximum absolute atomic E-state index is 12.9. The van der Waals surface area contributed by atoms with Crippen molar-refractivity contribution in [3.8, 4) is 11.5 Å². The van der Waals surface area contributed by atoms with Gasteiger partial charge in [0.1, 0.15) is 35.5 Å². The Morgan fingerprint density at radius 2 is 1.49 bits per heavy atom. The smallest absolute Gasteiger partial charge is 0.407 e. The summed E-state index contributed by atoms with van der Waals surface area (Å²) in [5.41, 5.74) is 1.05. The number of aromatic amines is 1. The van der Waals surface area contributed by atoms with E-state index < -0.39 is 48.6 Å². The molecule has 1 aliphatic rings. The van der Waals surface area contributed by atoms with Crippen molar-refractivity contribution in [2.24, 2.45) is 0 Å². The molecular formula is C34H40N2O7PS2Si+. The number of nitrogens with zero attached hydrogens (tertiary/aromatic N) is 1. The fraction of sp³-hybridized carbons (Fsp3) is 0.353. The lowest BCUT2D eigenvalue weighted by molar-refractivity contribution is -0.0904. The Bertz CT molecular complexity index is 1750. The minimum Gasteiger partial charge on any atom is -0.497 e. The molecule has 1 saturated heterocycles. The van der Waals surface area contributed by atoms with E-state index in [-0.39, 0.29) is 6.61 Å². The maximum atomic E-state index is 12.9. The van der Waals surface area contributed by atoms with Gasteiger partial charge >= 0.3 is 11.8 Å². The van der Waals surface area contributed by atoms with Gasteiger partial charge in [0.15, 0.2) is 7.22 Å². The van der Waals surface area contributed by atoms with Crippen LogP contribution in [-0.4, -0.2) is 49.8 Å². The lowest BCUT2D eigenvalue weighted by atomic mass is 9.80. The van der Waals surface area contributed by atoms with Crippen molar-refractivity contribution in [3.63, 3.8) is 0 Å². The summed E-state index contributed by atoms with van der Waals surface area (Å²) in [6.07, 6.45) is -1.05. The monoisotopic (exact) mass is 711 g/mol. The van der Waals surface area contributed by atoms with Crippen LogP contribution >= 0.6 is 17.0 Å². The first-order valence-electron chi connectivity index (χ1n) is 15.2. The van der Waals surface area contributed by atoms with Gasteiger partial charge < -0.3 is 18.9 Å². The largest absolute Gasteiger partial charge is 0.497 e. The molecule has 248 valence electrons. The fourth-order valence-electron chi connectivity index (χ4n) is 5.57. The van der Waals surface area contributed by atoms with E-state index in [0.717, 1.165) is 28.2 Å². The summed E-state index contributed by atoms with van der Waals surface area (Å²) < 4.78 is 32.6. The van der Waals surface area contributed by atoms with Gasteiger partial charge in [0.25, 0.3) is 5.56 Å². The molecule has 0 saturated carbocycles. The van der Waals surface area contributed by atoms with Crippen molar-refractivity contribution in [2.75, 3.05) is 20.8 Å². The van der Waals surface area contributed by atoms with E-state index in [2.05, 4.69) is 24.6 Å². The van der Waals surface area contributed by atoms with Gasteiger partial charge in [0.2, 0.25) is 11.8 Å². The second-order valence-corrected chi connectivity index (χ2v) is 25.8. The highest BCUT2D eigenvalue weighted by Crippen LogP contribution is 2.50. The molecule has 1 unspecified atom stereocenters. The van der Waals surface area contributed by atoms with Gasteiger partial charge in [-0.25, -0.2) is 4.79 Å². The van der Waals surface area contributed by atoms with E-state index in [1.807, 2.05) is 78.9 Å². The van der Waals surface area contributed by atoms with Crippen LogP contribution in [0.2, 0.25) is 19.6 Å². The van der Waals surface area contributed by atoms with Gasteiger partial charge in [-0.3, -0.25) is 14.3 Å². The van der Waals surface area contributed by atoms with E-state index in [0.29, 0.717) is 12.0 Å². The van der Waals surface area contributed by atoms with Crippen LogP contribution in [0.3, 0.4) is 0 Å². The van der Waals surface area contributed by atoms with Crippen LogP contribution in [-0.2, 0) is 31.4 Å². The minimum absolute atomic E-state index is 0.112. The predicted molar refractivity (Wildman–Crippen MR) is 193 cm³/mol. The molecule has 0 radical (unpaired) electrons. The first kappa shape index (κ1) is 35.2. The van der Waals surface area contributed by atoms with Crippen molar-refractivity contribution < 1.29 is 23.5 Å². The molecule has 0 spiro atoms. The lowest BCUT2D eigenvalue weighted by Crippen LogP contribution is -2.38. The molecule has 1 aromatic heterocycles. The van der Waals surface area contributed by atoms with Crippen molar-refractivity contribution in [2.45, 2.75) is 57.0 Å². The Kier molecular flexibility index (Phi) is 11.2. The second kappa shape index (κ2) is 15.0. The SMILES string of the molecule is COc1ccc(C(OC[C@H]2O[C@@H](n3cc(C)c(=O)[nH]c3=O)C[C@@H]2O[P+](=S)S[Si](C)(C)C)(c2ccccc2)c2ccc(OC)cc2)cc1. The Hall–Kier alpha value is -3.09. The van der Waals surface area contributed by atoms with Crippen LogP contribution in [0.5, 0.6) is 11.5 Å². The highest BCUT2D eigenvalue weighted by molar-refractivity contribution is 8.75. The number of aryl methyl sites for hydroxylation is 1. The Labute approximate surface area is 285 Å². The number of methoxy groups -OCH3 is 2. The summed E-state index contributed by atoms with van der Waals surface area (Å²) in [5, 5.41) is 0. The number of hydrogen-bond acceptors (Lipinski definition) is 9. The average Bonchev–Trinajstić information content (AvgIpc) is 3.45. The van der Waals surface area contributed by atoms with E-state index in [1.54, 1.807) is 32.0 Å². The molecule has 0 amide bonds. The topological polar surface area (TPSA) is 101 Å². The summed E-state index contributed by atoms with van der Waals surface area (Å²) in [6, 6.07) is 25.7. The van der Waals surface area contributed by atoms with Gasteiger partial charge in [0.05, 0.1) is 31.7 Å². The Balaban J connectivity index is 1.57. The van der Waals surface area contributed by atoms with Crippen molar-refractivity contribution in [1.29, 1.82) is 0 Å². The molecule has 13 heteroatoms.